The van der Waals surface area contributed by atoms with Gasteiger partial charge in [0.25, 0.3) is 11.6 Å². The van der Waals surface area contributed by atoms with E-state index in [1.807, 2.05) is 0 Å². The van der Waals surface area contributed by atoms with Crippen LogP contribution in [0.15, 0.2) is 24.8 Å². The van der Waals surface area contributed by atoms with Crippen molar-refractivity contribution >= 4 is 17.6 Å². The molecule has 0 radical (unpaired) electrons. The zero-order valence-electron chi connectivity index (χ0n) is 14.0. The van der Waals surface area contributed by atoms with Gasteiger partial charge in [-0.25, -0.2) is 4.79 Å². The number of ether oxygens (including phenoxy) is 2. The average Bonchev–Trinajstić information content (AvgIpc) is 2.57. The van der Waals surface area contributed by atoms with Gasteiger partial charge in [-0.3, -0.25) is 14.9 Å². The highest BCUT2D eigenvalue weighted by Crippen LogP contribution is 2.34. The molecule has 136 valence electrons. The number of methoxy groups -OCH3 is 1. The maximum atomic E-state index is 12.4. The predicted molar refractivity (Wildman–Crippen MR) is 89.1 cm³/mol. The van der Waals surface area contributed by atoms with Crippen LogP contribution in [0, 0.1) is 10.1 Å². The number of aliphatic carboxylic acids is 1. The van der Waals surface area contributed by atoms with Crippen LogP contribution in [0.5, 0.6) is 11.5 Å². The Hall–Kier alpha value is -3.10. The van der Waals surface area contributed by atoms with E-state index >= 15 is 0 Å². The summed E-state index contributed by atoms with van der Waals surface area (Å²) >= 11 is 0. The molecule has 0 fully saturated rings. The number of nitrogens with one attached hydrogen (secondary N) is 1. The van der Waals surface area contributed by atoms with Gasteiger partial charge in [-0.2, -0.15) is 0 Å². The third kappa shape index (κ3) is 5.20. The van der Waals surface area contributed by atoms with E-state index in [-0.39, 0.29) is 30.1 Å². The second kappa shape index (κ2) is 9.26. The number of nitro groups is 1. The zero-order valence-corrected chi connectivity index (χ0v) is 14.0. The highest BCUT2D eigenvalue weighted by molar-refractivity contribution is 6.00. The Balaban J connectivity index is 3.24. The second-order valence-corrected chi connectivity index (χ2v) is 4.94. The normalized spacial score (nSPS) is 11.3. The van der Waals surface area contributed by atoms with E-state index < -0.39 is 28.5 Å². The summed E-state index contributed by atoms with van der Waals surface area (Å²) in [5.41, 5.74) is -0.815. The fourth-order valence-corrected chi connectivity index (χ4v) is 2.09. The maximum Gasteiger partial charge on any atom is 0.326 e. The van der Waals surface area contributed by atoms with E-state index in [0.717, 1.165) is 12.1 Å². The number of carbonyl (C=O) groups excluding carboxylic acids is 1. The summed E-state index contributed by atoms with van der Waals surface area (Å²) in [7, 11) is 1.33. The molecule has 9 heteroatoms. The molecule has 0 aromatic heterocycles. The molecular formula is C16H20N2O7. The number of amides is 1. The highest BCUT2D eigenvalue weighted by atomic mass is 16.6. The summed E-state index contributed by atoms with van der Waals surface area (Å²) in [6, 6.07) is 1.05. The molecule has 1 aromatic rings. The van der Waals surface area contributed by atoms with Gasteiger partial charge in [-0.05, 0) is 19.8 Å². The van der Waals surface area contributed by atoms with E-state index in [9.17, 15) is 19.7 Å². The molecule has 2 N–H and O–H groups in total. The molecule has 0 aliphatic carbocycles. The molecule has 1 amide bonds. The fourth-order valence-electron chi connectivity index (χ4n) is 2.09. The molecule has 0 aliphatic rings. The van der Waals surface area contributed by atoms with Crippen LogP contribution in [0.2, 0.25) is 0 Å². The lowest BCUT2D eigenvalue weighted by atomic mass is 10.1. The van der Waals surface area contributed by atoms with Crippen molar-refractivity contribution in [3.63, 3.8) is 0 Å². The Kier molecular flexibility index (Phi) is 7.39. The van der Waals surface area contributed by atoms with Gasteiger partial charge < -0.3 is 19.9 Å². The van der Waals surface area contributed by atoms with Crippen molar-refractivity contribution in [1.82, 2.24) is 5.32 Å². The smallest absolute Gasteiger partial charge is 0.326 e. The molecule has 0 bridgehead atoms. The van der Waals surface area contributed by atoms with Crippen molar-refractivity contribution in [3.05, 3.63) is 40.5 Å². The minimum absolute atomic E-state index is 0.118. The molecule has 0 saturated heterocycles. The van der Waals surface area contributed by atoms with Gasteiger partial charge in [0, 0.05) is 6.07 Å². The van der Waals surface area contributed by atoms with E-state index in [2.05, 4.69) is 11.9 Å². The van der Waals surface area contributed by atoms with Crippen molar-refractivity contribution in [2.45, 2.75) is 25.8 Å². The van der Waals surface area contributed by atoms with Crippen molar-refractivity contribution in [3.8, 4) is 11.5 Å². The first-order valence-corrected chi connectivity index (χ1v) is 7.49. The first kappa shape index (κ1) is 19.9. The number of hydrogen-bond donors (Lipinski definition) is 2. The lowest BCUT2D eigenvalue weighted by Crippen LogP contribution is -2.40. The SMILES string of the molecule is C=CCCC(NC(=O)c1cc(OC)c(OCC)cc1[N+](=O)[O-])C(=O)O. The van der Waals surface area contributed by atoms with E-state index in [0.29, 0.717) is 6.42 Å². The van der Waals surface area contributed by atoms with Crippen LogP contribution in [0.1, 0.15) is 30.1 Å². The predicted octanol–water partition coefficient (Wildman–Crippen LogP) is 2.15. The number of nitrogens with zero attached hydrogens (tertiary/aromatic N) is 1. The minimum atomic E-state index is -1.24. The molecule has 0 saturated carbocycles. The summed E-state index contributed by atoms with van der Waals surface area (Å²) in [4.78, 5) is 34.1. The van der Waals surface area contributed by atoms with Crippen LogP contribution in [-0.2, 0) is 4.79 Å². The Bertz CT molecular complexity index is 673. The molecule has 9 nitrogen and oxygen atoms in total. The number of nitro benzene ring substituents is 1. The van der Waals surface area contributed by atoms with Gasteiger partial charge in [-0.1, -0.05) is 6.08 Å². The lowest BCUT2D eigenvalue weighted by molar-refractivity contribution is -0.385. The standard InChI is InChI=1S/C16H20N2O7/c1-4-6-7-11(16(20)21)17-15(19)10-8-13(24-3)14(25-5-2)9-12(10)18(22)23/h4,8-9,11H,1,5-7H2,2-3H3,(H,17,19)(H,20,21). The van der Waals surface area contributed by atoms with E-state index in [1.165, 1.54) is 13.2 Å². The molecule has 0 aliphatic heterocycles. The fraction of sp³-hybridized carbons (Fsp3) is 0.375. The van der Waals surface area contributed by atoms with Crippen LogP contribution in [0.3, 0.4) is 0 Å². The molecule has 1 atom stereocenters. The Labute approximate surface area is 144 Å². The van der Waals surface area contributed by atoms with Gasteiger partial charge in [-0.15, -0.1) is 6.58 Å². The quantitative estimate of drug-likeness (QED) is 0.375. The molecule has 1 unspecified atom stereocenters. The number of hydrogen-bond acceptors (Lipinski definition) is 6. The second-order valence-electron chi connectivity index (χ2n) is 4.94. The van der Waals surface area contributed by atoms with Crippen LogP contribution in [-0.4, -0.2) is 41.7 Å². The number of allylic oxidation sites excluding steroid dienone is 1. The number of carboxylic acid groups (broad SMARTS) is 1. The van der Waals surface area contributed by atoms with E-state index in [4.69, 9.17) is 14.6 Å². The summed E-state index contributed by atoms with van der Waals surface area (Å²) in [6.45, 7) is 5.44. The molecule has 1 aromatic carbocycles. The lowest BCUT2D eigenvalue weighted by Gasteiger charge is -2.15. The number of benzene rings is 1. The maximum absolute atomic E-state index is 12.4. The van der Waals surface area contributed by atoms with Crippen molar-refractivity contribution in [2.75, 3.05) is 13.7 Å². The van der Waals surface area contributed by atoms with E-state index in [1.54, 1.807) is 6.92 Å². The van der Waals surface area contributed by atoms with Gasteiger partial charge in [0.1, 0.15) is 11.6 Å². The van der Waals surface area contributed by atoms with Crippen LogP contribution >= 0.6 is 0 Å². The summed E-state index contributed by atoms with van der Waals surface area (Å²) < 4.78 is 10.3. The first-order chi connectivity index (χ1) is 11.8. The zero-order chi connectivity index (χ0) is 19.0. The summed E-state index contributed by atoms with van der Waals surface area (Å²) in [5, 5.41) is 22.7. The molecule has 0 heterocycles. The van der Waals surface area contributed by atoms with Crippen LogP contribution in [0.4, 0.5) is 5.69 Å². The topological polar surface area (TPSA) is 128 Å². The monoisotopic (exact) mass is 352 g/mol. The molecule has 25 heavy (non-hydrogen) atoms. The van der Waals surface area contributed by atoms with Gasteiger partial charge in [0.15, 0.2) is 11.5 Å². The first-order valence-electron chi connectivity index (χ1n) is 7.49. The average molecular weight is 352 g/mol. The van der Waals surface area contributed by atoms with Crippen molar-refractivity contribution in [1.29, 1.82) is 0 Å². The Morgan fingerprint density at radius 3 is 2.60 bits per heavy atom. The number of rotatable bonds is 10. The summed E-state index contributed by atoms with van der Waals surface area (Å²) in [6.07, 6.45) is 2.00. The highest BCUT2D eigenvalue weighted by Gasteiger charge is 2.27. The number of carbonyl (C=O) groups is 2. The molecule has 0 spiro atoms. The van der Waals surface area contributed by atoms with Crippen LogP contribution < -0.4 is 14.8 Å². The van der Waals surface area contributed by atoms with Crippen molar-refractivity contribution in [2.24, 2.45) is 0 Å². The third-order valence-corrected chi connectivity index (χ3v) is 3.29. The molecule has 1 rings (SSSR count). The molecular weight excluding hydrogens is 332 g/mol. The van der Waals surface area contributed by atoms with Gasteiger partial charge in [0.05, 0.1) is 24.7 Å². The summed E-state index contributed by atoms with van der Waals surface area (Å²) in [5.74, 6) is -1.87. The van der Waals surface area contributed by atoms with Gasteiger partial charge in [0.2, 0.25) is 0 Å². The Morgan fingerprint density at radius 1 is 1.44 bits per heavy atom. The largest absolute Gasteiger partial charge is 0.493 e. The van der Waals surface area contributed by atoms with Crippen LogP contribution in [0.25, 0.3) is 0 Å². The van der Waals surface area contributed by atoms with Gasteiger partial charge >= 0.3 is 5.97 Å². The third-order valence-electron chi connectivity index (χ3n) is 3.29. The Morgan fingerprint density at radius 2 is 2.12 bits per heavy atom. The van der Waals surface area contributed by atoms with Crippen molar-refractivity contribution < 1.29 is 29.1 Å². The number of carboxylic acids is 1. The minimum Gasteiger partial charge on any atom is -0.493 e.